The standard InChI is InChI=1S/C15H20N2O/c1-3-9-17-11-16-10-14(17)15(18)13-7-5-12(4-2)6-8-13/h5-8,10-11,15,18H,3-4,9H2,1-2H3. The van der Waals surface area contributed by atoms with Crippen LogP contribution in [0.5, 0.6) is 0 Å². The lowest BCUT2D eigenvalue weighted by Gasteiger charge is -2.14. The van der Waals surface area contributed by atoms with E-state index in [1.54, 1.807) is 12.5 Å². The van der Waals surface area contributed by atoms with Crippen LogP contribution in [0.1, 0.15) is 43.2 Å². The fraction of sp³-hybridized carbons (Fsp3) is 0.400. The van der Waals surface area contributed by atoms with Crippen LogP contribution >= 0.6 is 0 Å². The molecule has 0 spiro atoms. The first-order chi connectivity index (χ1) is 8.76. The Morgan fingerprint density at radius 2 is 1.94 bits per heavy atom. The minimum absolute atomic E-state index is 0.593. The molecule has 0 saturated heterocycles. The van der Waals surface area contributed by atoms with Crippen LogP contribution < -0.4 is 0 Å². The van der Waals surface area contributed by atoms with Gasteiger partial charge in [0, 0.05) is 6.54 Å². The topological polar surface area (TPSA) is 38.0 Å². The molecule has 2 rings (SSSR count). The summed E-state index contributed by atoms with van der Waals surface area (Å²) in [6.45, 7) is 5.13. The molecule has 0 radical (unpaired) electrons. The van der Waals surface area contributed by atoms with Gasteiger partial charge >= 0.3 is 0 Å². The first kappa shape index (κ1) is 12.8. The average molecular weight is 244 g/mol. The maximum absolute atomic E-state index is 10.4. The Morgan fingerprint density at radius 3 is 2.56 bits per heavy atom. The van der Waals surface area contributed by atoms with Crippen molar-refractivity contribution in [2.24, 2.45) is 0 Å². The van der Waals surface area contributed by atoms with Crippen LogP contribution in [0.2, 0.25) is 0 Å². The Labute approximate surface area is 108 Å². The monoisotopic (exact) mass is 244 g/mol. The number of rotatable bonds is 5. The molecule has 3 heteroatoms. The molecule has 0 saturated carbocycles. The minimum Gasteiger partial charge on any atom is -0.382 e. The largest absolute Gasteiger partial charge is 0.382 e. The van der Waals surface area contributed by atoms with Crippen molar-refractivity contribution in [3.05, 3.63) is 53.6 Å². The van der Waals surface area contributed by atoms with Crippen molar-refractivity contribution in [1.29, 1.82) is 0 Å². The number of aryl methyl sites for hydroxylation is 2. The summed E-state index contributed by atoms with van der Waals surface area (Å²) in [4.78, 5) is 4.12. The van der Waals surface area contributed by atoms with Gasteiger partial charge in [0.1, 0.15) is 6.10 Å². The molecule has 0 amide bonds. The van der Waals surface area contributed by atoms with E-state index in [-0.39, 0.29) is 0 Å². The van der Waals surface area contributed by atoms with Gasteiger partial charge in [-0.25, -0.2) is 4.98 Å². The molecule has 1 atom stereocenters. The van der Waals surface area contributed by atoms with Crippen molar-refractivity contribution in [3.8, 4) is 0 Å². The summed E-state index contributed by atoms with van der Waals surface area (Å²) >= 11 is 0. The van der Waals surface area contributed by atoms with Crippen LogP contribution in [0.25, 0.3) is 0 Å². The second-order valence-corrected chi connectivity index (χ2v) is 4.51. The second kappa shape index (κ2) is 5.83. The van der Waals surface area contributed by atoms with E-state index in [9.17, 15) is 5.11 Å². The molecule has 1 aromatic heterocycles. The van der Waals surface area contributed by atoms with Crippen LogP contribution in [0.4, 0.5) is 0 Å². The molecule has 0 bridgehead atoms. The Bertz CT molecular complexity index is 487. The summed E-state index contributed by atoms with van der Waals surface area (Å²) in [5.41, 5.74) is 3.07. The quantitative estimate of drug-likeness (QED) is 0.878. The molecule has 0 aliphatic heterocycles. The molecular weight excluding hydrogens is 224 g/mol. The van der Waals surface area contributed by atoms with Gasteiger partial charge in [0.15, 0.2) is 0 Å². The highest BCUT2D eigenvalue weighted by molar-refractivity contribution is 5.28. The molecule has 1 aromatic carbocycles. The number of nitrogens with zero attached hydrogens (tertiary/aromatic N) is 2. The summed E-state index contributed by atoms with van der Waals surface area (Å²) < 4.78 is 2.01. The predicted octanol–water partition coefficient (Wildman–Crippen LogP) is 2.94. The highest BCUT2D eigenvalue weighted by Gasteiger charge is 2.14. The van der Waals surface area contributed by atoms with Gasteiger partial charge in [0.25, 0.3) is 0 Å². The number of imidazole rings is 1. The first-order valence-electron chi connectivity index (χ1n) is 6.53. The molecule has 1 N–H and O–H groups in total. The van der Waals surface area contributed by atoms with Crippen LogP contribution in [0.3, 0.4) is 0 Å². The summed E-state index contributed by atoms with van der Waals surface area (Å²) in [7, 11) is 0. The summed E-state index contributed by atoms with van der Waals surface area (Å²) in [5, 5.41) is 10.4. The van der Waals surface area contributed by atoms with Crippen LogP contribution in [-0.2, 0) is 13.0 Å². The third-order valence-corrected chi connectivity index (χ3v) is 3.19. The molecule has 0 aliphatic rings. The third-order valence-electron chi connectivity index (χ3n) is 3.19. The van der Waals surface area contributed by atoms with E-state index in [1.807, 2.05) is 16.7 Å². The van der Waals surface area contributed by atoms with Gasteiger partial charge in [-0.2, -0.15) is 0 Å². The Balaban J connectivity index is 2.23. The van der Waals surface area contributed by atoms with E-state index in [0.29, 0.717) is 0 Å². The number of aliphatic hydroxyl groups is 1. The van der Waals surface area contributed by atoms with Crippen molar-refractivity contribution in [1.82, 2.24) is 9.55 Å². The van der Waals surface area contributed by atoms with Gasteiger partial charge in [0.05, 0.1) is 18.2 Å². The van der Waals surface area contributed by atoms with E-state index < -0.39 is 6.10 Å². The van der Waals surface area contributed by atoms with Gasteiger partial charge in [-0.15, -0.1) is 0 Å². The lowest BCUT2D eigenvalue weighted by Crippen LogP contribution is -2.08. The summed E-state index contributed by atoms with van der Waals surface area (Å²) in [6, 6.07) is 8.12. The molecule has 3 nitrogen and oxygen atoms in total. The molecule has 1 heterocycles. The van der Waals surface area contributed by atoms with Gasteiger partial charge in [-0.1, -0.05) is 38.1 Å². The zero-order valence-electron chi connectivity index (χ0n) is 11.0. The number of benzene rings is 1. The van der Waals surface area contributed by atoms with Crippen molar-refractivity contribution in [3.63, 3.8) is 0 Å². The molecule has 2 aromatic rings. The number of hydrogen-bond acceptors (Lipinski definition) is 2. The SMILES string of the molecule is CCCn1cncc1C(O)c1ccc(CC)cc1. The maximum Gasteiger partial charge on any atom is 0.121 e. The van der Waals surface area contributed by atoms with Crippen LogP contribution in [-0.4, -0.2) is 14.7 Å². The lowest BCUT2D eigenvalue weighted by molar-refractivity contribution is 0.209. The van der Waals surface area contributed by atoms with Crippen LogP contribution in [0.15, 0.2) is 36.8 Å². The van der Waals surface area contributed by atoms with Gasteiger partial charge in [-0.3, -0.25) is 0 Å². The number of aliphatic hydroxyl groups excluding tert-OH is 1. The zero-order valence-corrected chi connectivity index (χ0v) is 11.0. The summed E-state index contributed by atoms with van der Waals surface area (Å²) in [6.07, 6.45) is 4.98. The Hall–Kier alpha value is -1.61. The maximum atomic E-state index is 10.4. The van der Waals surface area contributed by atoms with Gasteiger partial charge < -0.3 is 9.67 Å². The van der Waals surface area contributed by atoms with E-state index in [4.69, 9.17) is 0 Å². The first-order valence-corrected chi connectivity index (χ1v) is 6.53. The van der Waals surface area contributed by atoms with Crippen molar-refractivity contribution < 1.29 is 5.11 Å². The average Bonchev–Trinajstić information content (AvgIpc) is 2.87. The fourth-order valence-corrected chi connectivity index (χ4v) is 2.09. The molecular formula is C15H20N2O. The minimum atomic E-state index is -0.593. The van der Waals surface area contributed by atoms with Crippen molar-refractivity contribution in [2.75, 3.05) is 0 Å². The van der Waals surface area contributed by atoms with Crippen LogP contribution in [0, 0.1) is 0 Å². The highest BCUT2D eigenvalue weighted by Crippen LogP contribution is 2.22. The highest BCUT2D eigenvalue weighted by atomic mass is 16.3. The van der Waals surface area contributed by atoms with Crippen molar-refractivity contribution >= 4 is 0 Å². The van der Waals surface area contributed by atoms with E-state index in [2.05, 4.69) is 31.0 Å². The molecule has 1 unspecified atom stereocenters. The lowest BCUT2D eigenvalue weighted by atomic mass is 10.0. The fourth-order valence-electron chi connectivity index (χ4n) is 2.09. The zero-order chi connectivity index (χ0) is 13.0. The second-order valence-electron chi connectivity index (χ2n) is 4.51. The van der Waals surface area contributed by atoms with E-state index in [1.165, 1.54) is 5.56 Å². The number of aromatic nitrogens is 2. The van der Waals surface area contributed by atoms with Gasteiger partial charge in [0.2, 0.25) is 0 Å². The molecule has 96 valence electrons. The predicted molar refractivity (Wildman–Crippen MR) is 72.4 cm³/mol. The number of hydrogen-bond donors (Lipinski definition) is 1. The Morgan fingerprint density at radius 1 is 1.22 bits per heavy atom. The van der Waals surface area contributed by atoms with Crippen molar-refractivity contribution in [2.45, 2.75) is 39.3 Å². The van der Waals surface area contributed by atoms with Gasteiger partial charge in [-0.05, 0) is 24.0 Å². The molecule has 0 fully saturated rings. The Kier molecular flexibility index (Phi) is 4.15. The summed E-state index contributed by atoms with van der Waals surface area (Å²) in [5.74, 6) is 0. The van der Waals surface area contributed by atoms with E-state index in [0.717, 1.165) is 30.6 Å². The smallest absolute Gasteiger partial charge is 0.121 e. The third kappa shape index (κ3) is 2.62. The normalized spacial score (nSPS) is 12.6. The molecule has 18 heavy (non-hydrogen) atoms. The molecule has 0 aliphatic carbocycles. The van der Waals surface area contributed by atoms with E-state index >= 15 is 0 Å².